The van der Waals surface area contributed by atoms with Crippen LogP contribution >= 0.6 is 0 Å². The van der Waals surface area contributed by atoms with E-state index in [0.717, 1.165) is 21.7 Å². The average molecular weight is 344 g/mol. The zero-order valence-corrected chi connectivity index (χ0v) is 14.4. The zero-order chi connectivity index (χ0) is 18.2. The van der Waals surface area contributed by atoms with Crippen LogP contribution in [0.2, 0.25) is 0 Å². The van der Waals surface area contributed by atoms with Gasteiger partial charge in [0.25, 0.3) is 11.8 Å². The number of benzene rings is 2. The normalized spacial score (nSPS) is 11.6. The van der Waals surface area contributed by atoms with E-state index in [0.29, 0.717) is 6.54 Å². The molecule has 2 rings (SSSR count). The Morgan fingerprint density at radius 1 is 0.960 bits per heavy atom. The van der Waals surface area contributed by atoms with Crippen molar-refractivity contribution in [1.82, 2.24) is 5.32 Å². The SMILES string of the molecule is Cc1ccc(NC(=O)C[NH+](C)CC(=O)NCc2ccc(F)cc2)cc1. The quantitative estimate of drug-likeness (QED) is 0.699. The molecule has 0 fully saturated rings. The topological polar surface area (TPSA) is 62.6 Å². The second-order valence-electron chi connectivity index (χ2n) is 6.13. The predicted octanol–water partition coefficient (Wildman–Crippen LogP) is 0.904. The van der Waals surface area contributed by atoms with Crippen LogP contribution in [0, 0.1) is 12.7 Å². The number of anilines is 1. The molecule has 25 heavy (non-hydrogen) atoms. The van der Waals surface area contributed by atoms with Crippen molar-refractivity contribution in [3.05, 3.63) is 65.5 Å². The van der Waals surface area contributed by atoms with Crippen LogP contribution in [0.1, 0.15) is 11.1 Å². The molecule has 1 atom stereocenters. The summed E-state index contributed by atoms with van der Waals surface area (Å²) in [6.45, 7) is 2.69. The number of rotatable bonds is 7. The molecule has 2 aromatic rings. The van der Waals surface area contributed by atoms with Crippen molar-refractivity contribution in [1.29, 1.82) is 0 Å². The molecule has 2 amide bonds. The van der Waals surface area contributed by atoms with Crippen molar-refractivity contribution >= 4 is 17.5 Å². The Balaban J connectivity index is 1.72. The van der Waals surface area contributed by atoms with E-state index in [1.54, 1.807) is 19.2 Å². The predicted molar refractivity (Wildman–Crippen MR) is 94.7 cm³/mol. The third-order valence-corrected chi connectivity index (χ3v) is 3.66. The summed E-state index contributed by atoms with van der Waals surface area (Å²) in [4.78, 5) is 24.7. The van der Waals surface area contributed by atoms with Gasteiger partial charge >= 0.3 is 0 Å². The minimum Gasteiger partial charge on any atom is -0.347 e. The van der Waals surface area contributed by atoms with Gasteiger partial charge < -0.3 is 15.5 Å². The lowest BCUT2D eigenvalue weighted by atomic mass is 10.2. The molecule has 0 radical (unpaired) electrons. The van der Waals surface area contributed by atoms with Gasteiger partial charge in [0.1, 0.15) is 5.82 Å². The van der Waals surface area contributed by atoms with E-state index in [-0.39, 0.29) is 30.7 Å². The summed E-state index contributed by atoms with van der Waals surface area (Å²) >= 11 is 0. The van der Waals surface area contributed by atoms with Gasteiger partial charge in [0.05, 0.1) is 7.05 Å². The summed E-state index contributed by atoms with van der Waals surface area (Å²) in [5.41, 5.74) is 2.69. The van der Waals surface area contributed by atoms with Gasteiger partial charge in [-0.25, -0.2) is 4.39 Å². The Kier molecular flexibility index (Phi) is 6.65. The first kappa shape index (κ1) is 18.6. The van der Waals surface area contributed by atoms with Crippen molar-refractivity contribution in [3.8, 4) is 0 Å². The molecule has 0 spiro atoms. The van der Waals surface area contributed by atoms with Gasteiger partial charge in [0.2, 0.25) is 0 Å². The van der Waals surface area contributed by atoms with Gasteiger partial charge in [-0.2, -0.15) is 0 Å². The molecular weight excluding hydrogens is 321 g/mol. The fraction of sp³-hybridized carbons (Fsp3) is 0.263. The number of quaternary nitrogens is 1. The van der Waals surface area contributed by atoms with Gasteiger partial charge in [0, 0.05) is 12.2 Å². The van der Waals surface area contributed by atoms with Gasteiger partial charge in [0.15, 0.2) is 13.1 Å². The molecular formula is C19H23FN3O2+. The molecule has 132 valence electrons. The first-order valence-electron chi connectivity index (χ1n) is 8.11. The number of carbonyl (C=O) groups is 2. The molecule has 0 saturated carbocycles. The van der Waals surface area contributed by atoms with Crippen LogP contribution in [0.25, 0.3) is 0 Å². The Labute approximate surface area is 146 Å². The largest absolute Gasteiger partial charge is 0.347 e. The summed E-state index contributed by atoms with van der Waals surface area (Å²) in [5, 5.41) is 5.57. The number of aryl methyl sites for hydroxylation is 1. The van der Waals surface area contributed by atoms with Gasteiger partial charge in [-0.05, 0) is 36.8 Å². The monoisotopic (exact) mass is 344 g/mol. The highest BCUT2D eigenvalue weighted by atomic mass is 19.1. The first-order valence-corrected chi connectivity index (χ1v) is 8.11. The highest BCUT2D eigenvalue weighted by Crippen LogP contribution is 2.07. The summed E-state index contributed by atoms with van der Waals surface area (Å²) < 4.78 is 12.8. The van der Waals surface area contributed by atoms with Crippen molar-refractivity contribution in [3.63, 3.8) is 0 Å². The third-order valence-electron chi connectivity index (χ3n) is 3.66. The fourth-order valence-corrected chi connectivity index (χ4v) is 2.32. The molecule has 0 heterocycles. The van der Waals surface area contributed by atoms with Crippen molar-refractivity contribution in [2.75, 3.05) is 25.5 Å². The van der Waals surface area contributed by atoms with Crippen molar-refractivity contribution in [2.45, 2.75) is 13.5 Å². The smallest absolute Gasteiger partial charge is 0.279 e. The maximum Gasteiger partial charge on any atom is 0.279 e. The minimum absolute atomic E-state index is 0.146. The standard InChI is InChI=1S/C19H22FN3O2/c1-14-3-9-17(10-4-14)22-19(25)13-23(2)12-18(24)21-11-15-5-7-16(20)8-6-15/h3-10H,11-13H2,1-2H3,(H,21,24)(H,22,25)/p+1. The molecule has 0 bridgehead atoms. The number of halogens is 1. The van der Waals surface area contributed by atoms with E-state index in [1.807, 2.05) is 31.2 Å². The van der Waals surface area contributed by atoms with Crippen molar-refractivity contribution < 1.29 is 18.9 Å². The summed E-state index contributed by atoms with van der Waals surface area (Å²) in [5.74, 6) is -0.614. The second kappa shape index (κ2) is 8.94. The Morgan fingerprint density at radius 2 is 1.56 bits per heavy atom. The number of hydrogen-bond donors (Lipinski definition) is 3. The maximum absolute atomic E-state index is 12.8. The molecule has 5 nitrogen and oxygen atoms in total. The van der Waals surface area contributed by atoms with Crippen LogP contribution in [0.3, 0.4) is 0 Å². The van der Waals surface area contributed by atoms with Crippen LogP contribution in [0.4, 0.5) is 10.1 Å². The summed E-state index contributed by atoms with van der Waals surface area (Å²) in [6, 6.07) is 13.5. The molecule has 0 aromatic heterocycles. The highest BCUT2D eigenvalue weighted by molar-refractivity contribution is 5.91. The Bertz CT molecular complexity index is 714. The average Bonchev–Trinajstić information content (AvgIpc) is 2.56. The highest BCUT2D eigenvalue weighted by Gasteiger charge is 2.14. The molecule has 3 N–H and O–H groups in total. The molecule has 2 aromatic carbocycles. The summed E-state index contributed by atoms with van der Waals surface area (Å²) in [7, 11) is 1.78. The van der Waals surface area contributed by atoms with Crippen LogP contribution in [0.15, 0.2) is 48.5 Å². The lowest BCUT2D eigenvalue weighted by Gasteiger charge is -2.14. The van der Waals surface area contributed by atoms with E-state index < -0.39 is 0 Å². The maximum atomic E-state index is 12.8. The van der Waals surface area contributed by atoms with Crippen LogP contribution < -0.4 is 15.5 Å². The van der Waals surface area contributed by atoms with E-state index in [9.17, 15) is 14.0 Å². The van der Waals surface area contributed by atoms with Gasteiger partial charge in [-0.3, -0.25) is 9.59 Å². The molecule has 0 aliphatic carbocycles. The van der Waals surface area contributed by atoms with E-state index in [4.69, 9.17) is 0 Å². The van der Waals surface area contributed by atoms with Crippen LogP contribution in [-0.2, 0) is 16.1 Å². The zero-order valence-electron chi connectivity index (χ0n) is 14.4. The van der Waals surface area contributed by atoms with Crippen LogP contribution in [0.5, 0.6) is 0 Å². The number of amides is 2. The van der Waals surface area contributed by atoms with Gasteiger partial charge in [-0.15, -0.1) is 0 Å². The minimum atomic E-state index is -0.307. The number of hydrogen-bond acceptors (Lipinski definition) is 2. The number of nitrogens with one attached hydrogen (secondary N) is 3. The van der Waals surface area contributed by atoms with Gasteiger partial charge in [-0.1, -0.05) is 29.8 Å². The molecule has 0 saturated heterocycles. The second-order valence-corrected chi connectivity index (χ2v) is 6.13. The van der Waals surface area contributed by atoms with Crippen LogP contribution in [-0.4, -0.2) is 32.0 Å². The lowest BCUT2D eigenvalue weighted by Crippen LogP contribution is -3.11. The van der Waals surface area contributed by atoms with E-state index in [1.165, 1.54) is 12.1 Å². The first-order chi connectivity index (χ1) is 11.9. The number of likely N-dealkylation sites (N-methyl/N-ethyl adjacent to an activating group) is 1. The van der Waals surface area contributed by atoms with E-state index >= 15 is 0 Å². The third kappa shape index (κ3) is 6.73. The Morgan fingerprint density at radius 3 is 2.20 bits per heavy atom. The lowest BCUT2D eigenvalue weighted by molar-refractivity contribution is -0.862. The molecule has 6 heteroatoms. The summed E-state index contributed by atoms with van der Waals surface area (Å²) in [6.07, 6.45) is 0. The molecule has 0 aliphatic heterocycles. The molecule has 0 aliphatic rings. The molecule has 1 unspecified atom stereocenters. The van der Waals surface area contributed by atoms with Crippen molar-refractivity contribution in [2.24, 2.45) is 0 Å². The number of carbonyl (C=O) groups excluding carboxylic acids is 2. The van der Waals surface area contributed by atoms with E-state index in [2.05, 4.69) is 10.6 Å². The fourth-order valence-electron chi connectivity index (χ4n) is 2.32. The Hall–Kier alpha value is -2.73.